The first kappa shape index (κ1) is 14.2. The zero-order chi connectivity index (χ0) is 14.2. The molecule has 1 aromatic carbocycles. The lowest BCUT2D eigenvalue weighted by Gasteiger charge is -2.11. The van der Waals surface area contributed by atoms with E-state index in [9.17, 15) is 4.79 Å². The van der Waals surface area contributed by atoms with Crippen molar-refractivity contribution >= 4 is 50.8 Å². The lowest BCUT2D eigenvalue weighted by atomic mass is 10.1. The molecule has 0 aliphatic heterocycles. The third kappa shape index (κ3) is 2.97. The predicted octanol–water partition coefficient (Wildman–Crippen LogP) is 5.04. The Morgan fingerprint density at radius 3 is 2.80 bits per heavy atom. The van der Waals surface area contributed by atoms with Gasteiger partial charge in [0.2, 0.25) is 0 Å². The second kappa shape index (κ2) is 5.58. The normalized spacial score (nSPS) is 16.4. The van der Waals surface area contributed by atoms with Gasteiger partial charge in [-0.2, -0.15) is 11.8 Å². The number of carbonyl (C=O) groups is 1. The van der Waals surface area contributed by atoms with Crippen LogP contribution in [-0.2, 0) is 10.5 Å². The molecule has 5 heteroatoms. The second-order valence-corrected chi connectivity index (χ2v) is 7.90. The fraction of sp³-hybridized carbons (Fsp3) is 0.400. The summed E-state index contributed by atoms with van der Waals surface area (Å²) in [6.07, 6.45) is 2.40. The Morgan fingerprint density at radius 1 is 1.40 bits per heavy atom. The van der Waals surface area contributed by atoms with Crippen molar-refractivity contribution in [2.45, 2.75) is 25.0 Å². The van der Waals surface area contributed by atoms with Crippen molar-refractivity contribution in [3.8, 4) is 0 Å². The van der Waals surface area contributed by atoms with Crippen LogP contribution < -0.4 is 0 Å². The predicted molar refractivity (Wildman–Crippen MR) is 86.9 cm³/mol. The van der Waals surface area contributed by atoms with E-state index < -0.39 is 5.97 Å². The number of hydrogen-bond acceptors (Lipinski definition) is 3. The van der Waals surface area contributed by atoms with Crippen LogP contribution in [0.4, 0.5) is 0 Å². The third-order valence-corrected chi connectivity index (χ3v) is 6.93. The highest BCUT2D eigenvalue weighted by Gasteiger charge is 2.44. The summed E-state index contributed by atoms with van der Waals surface area (Å²) >= 11 is 9.96. The molecule has 1 aromatic heterocycles. The lowest BCUT2D eigenvalue weighted by Crippen LogP contribution is -2.11. The van der Waals surface area contributed by atoms with Gasteiger partial charge in [-0.3, -0.25) is 4.79 Å². The van der Waals surface area contributed by atoms with Gasteiger partial charge in [-0.1, -0.05) is 29.8 Å². The molecule has 2 aromatic rings. The topological polar surface area (TPSA) is 37.3 Å². The summed E-state index contributed by atoms with van der Waals surface area (Å²) in [5.74, 6) is 1.12. The quantitative estimate of drug-likeness (QED) is 0.807. The molecule has 0 amide bonds. The first-order chi connectivity index (χ1) is 9.60. The molecule has 3 rings (SSSR count). The van der Waals surface area contributed by atoms with Crippen molar-refractivity contribution in [2.75, 3.05) is 5.75 Å². The van der Waals surface area contributed by atoms with Crippen molar-refractivity contribution in [2.24, 2.45) is 5.41 Å². The zero-order valence-corrected chi connectivity index (χ0v) is 13.3. The maximum absolute atomic E-state index is 10.8. The monoisotopic (exact) mass is 326 g/mol. The van der Waals surface area contributed by atoms with Crippen molar-refractivity contribution in [3.63, 3.8) is 0 Å². The standard InChI is InChI=1S/C15H15ClO2S2/c16-14-10-3-1-2-4-11(10)20-12(14)8-19-9-15(5-6-15)7-13(17)18/h1-4H,5-9H2,(H,17,18). The molecule has 1 N–H and O–H groups in total. The van der Waals surface area contributed by atoms with Gasteiger partial charge in [0, 0.05) is 20.7 Å². The Morgan fingerprint density at radius 2 is 2.15 bits per heavy atom. The van der Waals surface area contributed by atoms with Crippen LogP contribution in [0.1, 0.15) is 24.1 Å². The van der Waals surface area contributed by atoms with Gasteiger partial charge in [-0.05, 0) is 30.1 Å². The van der Waals surface area contributed by atoms with Crippen molar-refractivity contribution in [3.05, 3.63) is 34.2 Å². The zero-order valence-electron chi connectivity index (χ0n) is 10.9. The highest BCUT2D eigenvalue weighted by atomic mass is 35.5. The second-order valence-electron chi connectivity index (χ2n) is 5.40. The molecule has 0 atom stereocenters. The van der Waals surface area contributed by atoms with Gasteiger partial charge in [-0.25, -0.2) is 0 Å². The number of thioether (sulfide) groups is 1. The number of benzene rings is 1. The Bertz CT molecular complexity index is 646. The van der Waals surface area contributed by atoms with E-state index in [0.29, 0.717) is 6.42 Å². The first-order valence-electron chi connectivity index (χ1n) is 6.55. The summed E-state index contributed by atoms with van der Waals surface area (Å²) in [6, 6.07) is 8.17. The van der Waals surface area contributed by atoms with E-state index >= 15 is 0 Å². The number of aliphatic carboxylic acids is 1. The smallest absolute Gasteiger partial charge is 0.303 e. The Labute approximate surface area is 131 Å². The Balaban J connectivity index is 1.63. The molecule has 106 valence electrons. The molecule has 0 radical (unpaired) electrons. The Kier molecular flexibility index (Phi) is 3.98. The summed E-state index contributed by atoms with van der Waals surface area (Å²) in [5.41, 5.74) is 0.0552. The molecule has 1 aliphatic rings. The molecule has 0 bridgehead atoms. The van der Waals surface area contributed by atoms with Gasteiger partial charge in [0.05, 0.1) is 11.4 Å². The maximum atomic E-state index is 10.8. The van der Waals surface area contributed by atoms with Crippen molar-refractivity contribution in [1.82, 2.24) is 0 Å². The third-order valence-electron chi connectivity index (χ3n) is 3.73. The molecule has 0 unspecified atom stereocenters. The SMILES string of the molecule is O=C(O)CC1(CSCc2sc3ccccc3c2Cl)CC1. The van der Waals surface area contributed by atoms with E-state index in [0.717, 1.165) is 34.8 Å². The van der Waals surface area contributed by atoms with Gasteiger partial charge in [-0.15, -0.1) is 11.3 Å². The van der Waals surface area contributed by atoms with Gasteiger partial charge in [0.1, 0.15) is 0 Å². The summed E-state index contributed by atoms with van der Waals surface area (Å²) < 4.78 is 1.22. The summed E-state index contributed by atoms with van der Waals surface area (Å²) in [5, 5.41) is 10.9. The Hall–Kier alpha value is -0.710. The number of rotatable bonds is 6. The average molecular weight is 327 g/mol. The van der Waals surface area contributed by atoms with Crippen LogP contribution in [0.5, 0.6) is 0 Å². The van der Waals surface area contributed by atoms with Gasteiger partial charge in [0.25, 0.3) is 0 Å². The molecule has 1 aliphatic carbocycles. The lowest BCUT2D eigenvalue weighted by molar-refractivity contribution is -0.138. The van der Waals surface area contributed by atoms with E-state index in [2.05, 4.69) is 12.1 Å². The number of halogens is 1. The van der Waals surface area contributed by atoms with Gasteiger partial charge in [0.15, 0.2) is 0 Å². The highest BCUT2D eigenvalue weighted by molar-refractivity contribution is 7.98. The largest absolute Gasteiger partial charge is 0.481 e. The number of hydrogen-bond donors (Lipinski definition) is 1. The van der Waals surface area contributed by atoms with Crippen LogP contribution in [0, 0.1) is 5.41 Å². The minimum atomic E-state index is -0.678. The van der Waals surface area contributed by atoms with E-state index in [1.54, 1.807) is 11.3 Å². The van der Waals surface area contributed by atoms with Crippen LogP contribution in [0.15, 0.2) is 24.3 Å². The van der Waals surface area contributed by atoms with Gasteiger partial charge >= 0.3 is 5.97 Å². The molecule has 0 spiro atoms. The minimum absolute atomic E-state index is 0.0552. The maximum Gasteiger partial charge on any atom is 0.303 e. The van der Waals surface area contributed by atoms with Crippen LogP contribution >= 0.6 is 34.7 Å². The van der Waals surface area contributed by atoms with Crippen molar-refractivity contribution in [1.29, 1.82) is 0 Å². The highest BCUT2D eigenvalue weighted by Crippen LogP contribution is 2.51. The van der Waals surface area contributed by atoms with E-state index in [1.165, 1.54) is 9.58 Å². The number of fused-ring (bicyclic) bond motifs is 1. The first-order valence-corrected chi connectivity index (χ1v) is 8.90. The number of carboxylic acids is 1. The number of thiophene rings is 1. The fourth-order valence-electron chi connectivity index (χ4n) is 2.39. The van der Waals surface area contributed by atoms with E-state index in [4.69, 9.17) is 16.7 Å². The van der Waals surface area contributed by atoms with Crippen LogP contribution in [-0.4, -0.2) is 16.8 Å². The molecule has 2 nitrogen and oxygen atoms in total. The van der Waals surface area contributed by atoms with Crippen LogP contribution in [0.3, 0.4) is 0 Å². The molecule has 1 heterocycles. The molecule has 1 fully saturated rings. The van der Waals surface area contributed by atoms with E-state index in [-0.39, 0.29) is 5.41 Å². The summed E-state index contributed by atoms with van der Waals surface area (Å²) in [7, 11) is 0. The average Bonchev–Trinajstić information content (AvgIpc) is 3.08. The minimum Gasteiger partial charge on any atom is -0.481 e. The van der Waals surface area contributed by atoms with Crippen LogP contribution in [0.2, 0.25) is 5.02 Å². The fourth-order valence-corrected chi connectivity index (χ4v) is 5.50. The molecular formula is C15H15ClO2S2. The molecular weight excluding hydrogens is 312 g/mol. The summed E-state index contributed by atoms with van der Waals surface area (Å²) in [4.78, 5) is 12.0. The summed E-state index contributed by atoms with van der Waals surface area (Å²) in [6.45, 7) is 0. The molecule has 1 saturated carbocycles. The molecule has 0 saturated heterocycles. The number of carboxylic acid groups (broad SMARTS) is 1. The van der Waals surface area contributed by atoms with Gasteiger partial charge < -0.3 is 5.11 Å². The van der Waals surface area contributed by atoms with E-state index in [1.807, 2.05) is 23.9 Å². The molecule has 20 heavy (non-hydrogen) atoms. The van der Waals surface area contributed by atoms with Crippen molar-refractivity contribution < 1.29 is 9.90 Å². The van der Waals surface area contributed by atoms with Crippen LogP contribution in [0.25, 0.3) is 10.1 Å².